The van der Waals surface area contributed by atoms with Crippen LogP contribution in [0.2, 0.25) is 0 Å². The van der Waals surface area contributed by atoms with Crippen molar-refractivity contribution >= 4 is 23.4 Å². The summed E-state index contributed by atoms with van der Waals surface area (Å²) in [5.74, 6) is 0.936. The van der Waals surface area contributed by atoms with Crippen molar-refractivity contribution in [1.82, 2.24) is 9.78 Å². The maximum absolute atomic E-state index is 12.7. The van der Waals surface area contributed by atoms with Crippen LogP contribution in [0.3, 0.4) is 0 Å². The molecule has 9 heteroatoms. The number of hydrogen-bond donors (Lipinski definition) is 2. The van der Waals surface area contributed by atoms with Crippen LogP contribution in [0.4, 0.5) is 16.2 Å². The van der Waals surface area contributed by atoms with Crippen molar-refractivity contribution in [2.24, 2.45) is 0 Å². The monoisotopic (exact) mass is 590 g/mol. The van der Waals surface area contributed by atoms with E-state index in [1.807, 2.05) is 87.5 Å². The van der Waals surface area contributed by atoms with Crippen LogP contribution in [0, 0.1) is 20.8 Å². The number of carbonyl (C=O) groups is 2. The van der Waals surface area contributed by atoms with E-state index < -0.39 is 5.97 Å². The summed E-state index contributed by atoms with van der Waals surface area (Å²) in [6.45, 7) is 7.31. The molecule has 0 spiro atoms. The largest absolute Gasteiger partial charge is 0.497 e. The minimum Gasteiger partial charge on any atom is -0.497 e. The number of urea groups is 1. The molecule has 0 saturated carbocycles. The highest BCUT2D eigenvalue weighted by Crippen LogP contribution is 2.45. The van der Waals surface area contributed by atoms with Crippen molar-refractivity contribution < 1.29 is 23.8 Å². The highest BCUT2D eigenvalue weighted by Gasteiger charge is 2.27. The zero-order valence-electron chi connectivity index (χ0n) is 25.5. The molecule has 9 nitrogen and oxygen atoms in total. The van der Waals surface area contributed by atoms with E-state index in [1.54, 1.807) is 37.1 Å². The molecule has 1 aromatic heterocycles. The lowest BCUT2D eigenvalue weighted by molar-refractivity contribution is -0.132. The average molecular weight is 591 g/mol. The van der Waals surface area contributed by atoms with Gasteiger partial charge in [0, 0.05) is 29.9 Å². The summed E-state index contributed by atoms with van der Waals surface area (Å²) in [6.07, 6.45) is 0. The van der Waals surface area contributed by atoms with Crippen LogP contribution in [-0.2, 0) is 4.79 Å². The Bertz CT molecular complexity index is 1830. The zero-order chi connectivity index (χ0) is 31.4. The summed E-state index contributed by atoms with van der Waals surface area (Å²) < 4.78 is 18.7. The number of carbonyl (C=O) groups excluding carboxylic acids is 2. The van der Waals surface area contributed by atoms with E-state index in [4.69, 9.17) is 19.3 Å². The molecule has 0 saturated heterocycles. The lowest BCUT2D eigenvalue weighted by atomic mass is 10.00. The molecule has 5 rings (SSSR count). The molecule has 0 aliphatic rings. The molecule has 4 aromatic carbocycles. The fraction of sp³-hybridized carbons (Fsp3) is 0.171. The summed E-state index contributed by atoms with van der Waals surface area (Å²) in [5, 5.41) is 10.7. The Balaban J connectivity index is 1.62. The zero-order valence-corrected chi connectivity index (χ0v) is 25.5. The second-order valence-corrected chi connectivity index (χ2v) is 10.4. The van der Waals surface area contributed by atoms with Gasteiger partial charge in [-0.15, -0.1) is 0 Å². The second kappa shape index (κ2) is 12.7. The summed E-state index contributed by atoms with van der Waals surface area (Å²) in [7, 11) is 3.17. The lowest BCUT2D eigenvalue weighted by Gasteiger charge is -2.13. The third-order valence-electron chi connectivity index (χ3n) is 7.08. The third-order valence-corrected chi connectivity index (χ3v) is 7.08. The molecule has 0 aliphatic heterocycles. The Hall–Kier alpha value is -5.57. The summed E-state index contributed by atoms with van der Waals surface area (Å²) in [5.41, 5.74) is 7.64. The van der Waals surface area contributed by atoms with Gasteiger partial charge in [0.2, 0.25) is 5.88 Å². The van der Waals surface area contributed by atoms with Crippen molar-refractivity contribution in [2.75, 3.05) is 24.9 Å². The minimum absolute atomic E-state index is 0.261. The predicted molar refractivity (Wildman–Crippen MR) is 172 cm³/mol. The summed E-state index contributed by atoms with van der Waals surface area (Å²) in [4.78, 5) is 25.1. The van der Waals surface area contributed by atoms with Gasteiger partial charge in [0.05, 0.1) is 25.5 Å². The molecular weight excluding hydrogens is 556 g/mol. The Labute approximate surface area is 256 Å². The highest BCUT2D eigenvalue weighted by atomic mass is 16.5. The third kappa shape index (κ3) is 6.42. The maximum Gasteiger partial charge on any atom is 0.323 e. The van der Waals surface area contributed by atoms with Gasteiger partial charge in [-0.1, -0.05) is 42.0 Å². The van der Waals surface area contributed by atoms with Gasteiger partial charge < -0.3 is 24.8 Å². The van der Waals surface area contributed by atoms with Crippen molar-refractivity contribution in [2.45, 2.75) is 27.7 Å². The van der Waals surface area contributed by atoms with Gasteiger partial charge in [-0.05, 0) is 79.9 Å². The molecule has 0 fully saturated rings. The number of hydrogen-bond acceptors (Lipinski definition) is 6. The number of aromatic nitrogens is 2. The van der Waals surface area contributed by atoms with E-state index in [0.717, 1.165) is 27.9 Å². The number of rotatable bonds is 8. The number of nitrogens with zero attached hydrogens (tertiary/aromatic N) is 2. The van der Waals surface area contributed by atoms with Crippen molar-refractivity contribution in [1.29, 1.82) is 0 Å². The Morgan fingerprint density at radius 3 is 2.00 bits per heavy atom. The van der Waals surface area contributed by atoms with Crippen molar-refractivity contribution in [3.63, 3.8) is 0 Å². The van der Waals surface area contributed by atoms with E-state index in [9.17, 15) is 9.59 Å². The van der Waals surface area contributed by atoms with Gasteiger partial charge >= 0.3 is 12.0 Å². The number of anilines is 2. The van der Waals surface area contributed by atoms with Crippen LogP contribution in [0.15, 0.2) is 84.9 Å². The smallest absolute Gasteiger partial charge is 0.323 e. The van der Waals surface area contributed by atoms with Gasteiger partial charge in [0.25, 0.3) is 0 Å². The highest BCUT2D eigenvalue weighted by molar-refractivity contribution is 6.00. The van der Waals surface area contributed by atoms with Crippen LogP contribution >= 0.6 is 0 Å². The SMILES string of the molecule is COc1ccc(-c2nn(-c3cc(C)ccc3C)c(OC(C)=O)c2-c2ccc(NC(=O)Nc3ccc(C)cc3)cc2)c(OC)c1. The van der Waals surface area contributed by atoms with E-state index in [0.29, 0.717) is 39.7 Å². The Morgan fingerprint density at radius 2 is 1.39 bits per heavy atom. The van der Waals surface area contributed by atoms with Gasteiger partial charge in [-0.25, -0.2) is 4.79 Å². The number of nitrogens with one attached hydrogen (secondary N) is 2. The van der Waals surface area contributed by atoms with E-state index >= 15 is 0 Å². The van der Waals surface area contributed by atoms with E-state index in [-0.39, 0.29) is 11.9 Å². The van der Waals surface area contributed by atoms with Crippen LogP contribution in [0.1, 0.15) is 23.6 Å². The first-order valence-electron chi connectivity index (χ1n) is 14.0. The lowest BCUT2D eigenvalue weighted by Crippen LogP contribution is -2.19. The molecule has 0 unspecified atom stereocenters. The summed E-state index contributed by atoms with van der Waals surface area (Å²) in [6, 6.07) is 25.9. The number of amides is 2. The second-order valence-electron chi connectivity index (χ2n) is 10.4. The Morgan fingerprint density at radius 1 is 0.750 bits per heavy atom. The minimum atomic E-state index is -0.489. The van der Waals surface area contributed by atoms with Gasteiger partial charge in [-0.3, -0.25) is 4.79 Å². The maximum atomic E-state index is 12.7. The molecule has 1 heterocycles. The van der Waals surface area contributed by atoms with Crippen molar-refractivity contribution in [3.8, 4) is 45.5 Å². The molecule has 5 aromatic rings. The summed E-state index contributed by atoms with van der Waals surface area (Å²) >= 11 is 0. The molecule has 0 aliphatic carbocycles. The van der Waals surface area contributed by atoms with Crippen LogP contribution in [-0.4, -0.2) is 36.0 Å². The van der Waals surface area contributed by atoms with Gasteiger partial charge in [-0.2, -0.15) is 9.78 Å². The molecular formula is C35H34N4O5. The fourth-order valence-corrected chi connectivity index (χ4v) is 4.84. The first-order valence-corrected chi connectivity index (χ1v) is 14.0. The standard InChI is InChI=1S/C35H34N4O5/c1-21-8-13-26(14-9-21)36-35(41)37-27-15-11-25(12-16-27)32-33(29-18-17-28(42-5)20-31(29)43-6)38-39(34(32)44-24(4)40)30-19-22(2)7-10-23(30)3/h7-20H,1-6H3,(H2,36,37,41). The first kappa shape index (κ1) is 29.9. The van der Waals surface area contributed by atoms with Crippen LogP contribution in [0.5, 0.6) is 17.4 Å². The average Bonchev–Trinajstić information content (AvgIpc) is 3.37. The topological polar surface area (TPSA) is 104 Å². The quantitative estimate of drug-likeness (QED) is 0.179. The van der Waals surface area contributed by atoms with Crippen LogP contribution in [0.25, 0.3) is 28.1 Å². The molecule has 2 amide bonds. The number of benzene rings is 4. The van der Waals surface area contributed by atoms with E-state index in [1.165, 1.54) is 6.92 Å². The number of esters is 1. The molecule has 44 heavy (non-hydrogen) atoms. The molecule has 2 N–H and O–H groups in total. The van der Waals surface area contributed by atoms with Crippen LogP contribution < -0.4 is 24.8 Å². The normalized spacial score (nSPS) is 10.7. The van der Waals surface area contributed by atoms with Crippen molar-refractivity contribution in [3.05, 3.63) is 102 Å². The molecule has 224 valence electrons. The number of ether oxygens (including phenoxy) is 3. The first-order chi connectivity index (χ1) is 21.2. The Kier molecular flexibility index (Phi) is 8.66. The van der Waals surface area contributed by atoms with Gasteiger partial charge in [0.1, 0.15) is 17.2 Å². The fourth-order valence-electron chi connectivity index (χ4n) is 4.84. The van der Waals surface area contributed by atoms with E-state index in [2.05, 4.69) is 10.6 Å². The number of methoxy groups -OCH3 is 2. The predicted octanol–water partition coefficient (Wildman–Crippen LogP) is 7.72. The molecule has 0 atom stereocenters. The molecule has 0 bridgehead atoms. The number of aryl methyl sites for hydroxylation is 3. The van der Waals surface area contributed by atoms with Gasteiger partial charge in [0.15, 0.2) is 0 Å². The molecule has 0 radical (unpaired) electrons.